The number of aliphatic hydroxyl groups excluding tert-OH is 1. The van der Waals surface area contributed by atoms with Gasteiger partial charge in [0.1, 0.15) is 6.61 Å². The van der Waals surface area contributed by atoms with E-state index >= 15 is 0 Å². The van der Waals surface area contributed by atoms with E-state index in [9.17, 15) is 14.7 Å². The number of allylic oxidation sites excluding steroid dienone is 6. The number of rotatable bonds is 63. The highest BCUT2D eigenvalue weighted by molar-refractivity contribution is 5.70. The Hall–Kier alpha value is -1.88. The van der Waals surface area contributed by atoms with Crippen LogP contribution in [0.2, 0.25) is 0 Å². The van der Waals surface area contributed by atoms with Gasteiger partial charge in [-0.1, -0.05) is 326 Å². The summed E-state index contributed by atoms with van der Waals surface area (Å²) < 4.78 is 10.8. The first kappa shape index (κ1) is 72.1. The van der Waals surface area contributed by atoms with E-state index < -0.39 is 6.10 Å². The van der Waals surface area contributed by atoms with Gasteiger partial charge >= 0.3 is 11.9 Å². The lowest BCUT2D eigenvalue weighted by Gasteiger charge is -2.15. The van der Waals surface area contributed by atoms with Crippen molar-refractivity contribution >= 4 is 11.9 Å². The maximum atomic E-state index is 12.3. The summed E-state index contributed by atoms with van der Waals surface area (Å²) in [5.74, 6) is -0.568. The summed E-state index contributed by atoms with van der Waals surface area (Å²) >= 11 is 0. The molecule has 0 aromatic carbocycles. The van der Waals surface area contributed by atoms with Crippen molar-refractivity contribution in [3.05, 3.63) is 36.5 Å². The number of esters is 2. The van der Waals surface area contributed by atoms with Crippen molar-refractivity contribution in [2.45, 2.75) is 380 Å². The number of carbonyl (C=O) groups excluding carboxylic acids is 2. The van der Waals surface area contributed by atoms with Gasteiger partial charge in [-0.2, -0.15) is 0 Å². The third-order valence-electron chi connectivity index (χ3n) is 15.4. The van der Waals surface area contributed by atoms with Crippen molar-refractivity contribution in [3.8, 4) is 0 Å². The van der Waals surface area contributed by atoms with Gasteiger partial charge in [0.2, 0.25) is 0 Å². The molecule has 0 aliphatic rings. The van der Waals surface area contributed by atoms with Crippen LogP contribution >= 0.6 is 0 Å². The maximum absolute atomic E-state index is 12.3. The number of aliphatic hydroxyl groups is 1. The van der Waals surface area contributed by atoms with E-state index in [-0.39, 0.29) is 25.2 Å². The summed E-state index contributed by atoms with van der Waals surface area (Å²) in [7, 11) is 0. The minimum atomic E-state index is -0.770. The molecule has 0 aromatic heterocycles. The normalized spacial score (nSPS) is 12.3. The van der Waals surface area contributed by atoms with Crippen LogP contribution in [-0.2, 0) is 19.1 Å². The molecule has 436 valence electrons. The van der Waals surface area contributed by atoms with Crippen LogP contribution in [-0.4, -0.2) is 36.4 Å². The third-order valence-corrected chi connectivity index (χ3v) is 15.4. The molecule has 0 bridgehead atoms. The van der Waals surface area contributed by atoms with Crippen molar-refractivity contribution in [2.75, 3.05) is 13.2 Å². The van der Waals surface area contributed by atoms with E-state index in [4.69, 9.17) is 9.47 Å². The molecule has 5 nitrogen and oxygen atoms in total. The molecular formula is C69H130O5. The predicted octanol–water partition coefficient (Wildman–Crippen LogP) is 23.0. The molecule has 1 unspecified atom stereocenters. The van der Waals surface area contributed by atoms with Crippen LogP contribution in [0.3, 0.4) is 0 Å². The van der Waals surface area contributed by atoms with Crippen LogP contribution in [0.5, 0.6) is 0 Å². The van der Waals surface area contributed by atoms with Gasteiger partial charge in [0, 0.05) is 12.8 Å². The second kappa shape index (κ2) is 65.4. The summed E-state index contributed by atoms with van der Waals surface area (Å²) in [6.07, 6.45) is 86.0. The fraction of sp³-hybridized carbons (Fsp3) is 0.884. The van der Waals surface area contributed by atoms with Gasteiger partial charge in [-0.3, -0.25) is 9.59 Å². The molecule has 0 rings (SSSR count). The fourth-order valence-electron chi connectivity index (χ4n) is 10.4. The SMILES string of the molecule is CCCCCCC/C=C\C/C=C\CCCCCCCCCCCCCCCCCCCC(=O)OC(CO)COC(=O)CCCCCCCCCCCCCCCCCCCCC/C=C\CCCCCCCCCC. The Morgan fingerprint density at radius 1 is 0.311 bits per heavy atom. The Morgan fingerprint density at radius 3 is 0.811 bits per heavy atom. The fourth-order valence-corrected chi connectivity index (χ4v) is 10.4. The van der Waals surface area contributed by atoms with E-state index in [1.807, 2.05) is 0 Å². The molecule has 0 aliphatic carbocycles. The second-order valence-electron chi connectivity index (χ2n) is 22.9. The van der Waals surface area contributed by atoms with Crippen molar-refractivity contribution in [3.63, 3.8) is 0 Å². The molecule has 1 N–H and O–H groups in total. The van der Waals surface area contributed by atoms with Crippen LogP contribution in [0.4, 0.5) is 0 Å². The Morgan fingerprint density at radius 2 is 0.541 bits per heavy atom. The van der Waals surface area contributed by atoms with Gasteiger partial charge < -0.3 is 14.6 Å². The zero-order chi connectivity index (χ0) is 53.4. The standard InChI is InChI=1S/C69H130O5/c1-3-5-7-9-11-13-15-17-19-21-23-25-27-29-31-33-34-36-37-39-41-43-45-47-49-51-53-55-57-59-61-63-68(71)73-66-67(65-70)74-69(72)64-62-60-58-56-54-52-50-48-46-44-42-40-38-35-32-30-28-26-24-22-20-18-16-14-12-10-8-6-4-2/h16,18,21-24,67,70H,3-15,17,19-20,25-66H2,1-2H3/b18-16-,23-21-,24-22-. The number of ether oxygens (including phenoxy) is 2. The van der Waals surface area contributed by atoms with Crippen LogP contribution < -0.4 is 0 Å². The number of hydrogen-bond acceptors (Lipinski definition) is 5. The van der Waals surface area contributed by atoms with Gasteiger partial charge in [-0.05, 0) is 70.6 Å². The Kier molecular flexibility index (Phi) is 63.7. The summed E-state index contributed by atoms with van der Waals surface area (Å²) in [5, 5.41) is 9.69. The Bertz CT molecular complexity index is 1170. The van der Waals surface area contributed by atoms with E-state index in [0.717, 1.165) is 38.5 Å². The first-order valence-corrected chi connectivity index (χ1v) is 33.5. The van der Waals surface area contributed by atoms with E-state index in [1.165, 1.54) is 308 Å². The molecule has 74 heavy (non-hydrogen) atoms. The average Bonchev–Trinajstić information content (AvgIpc) is 3.40. The topological polar surface area (TPSA) is 72.8 Å². The first-order valence-electron chi connectivity index (χ1n) is 33.5. The third kappa shape index (κ3) is 62.7. The molecule has 1 atom stereocenters. The van der Waals surface area contributed by atoms with E-state index in [2.05, 4.69) is 50.3 Å². The van der Waals surface area contributed by atoms with E-state index in [1.54, 1.807) is 0 Å². The van der Waals surface area contributed by atoms with Crippen LogP contribution in [0.15, 0.2) is 36.5 Å². The highest BCUT2D eigenvalue weighted by Gasteiger charge is 2.16. The van der Waals surface area contributed by atoms with Crippen LogP contribution in [0.1, 0.15) is 373 Å². The minimum absolute atomic E-state index is 0.0598. The summed E-state index contributed by atoms with van der Waals surface area (Å²) in [4.78, 5) is 24.6. The Labute approximate surface area is 463 Å². The molecule has 0 amide bonds. The van der Waals surface area contributed by atoms with Crippen LogP contribution in [0.25, 0.3) is 0 Å². The van der Waals surface area contributed by atoms with Gasteiger partial charge in [0.25, 0.3) is 0 Å². The lowest BCUT2D eigenvalue weighted by molar-refractivity contribution is -0.161. The Balaban J connectivity index is 3.40. The lowest BCUT2D eigenvalue weighted by Crippen LogP contribution is -2.28. The van der Waals surface area contributed by atoms with Crippen molar-refractivity contribution in [1.82, 2.24) is 0 Å². The van der Waals surface area contributed by atoms with Crippen molar-refractivity contribution in [1.29, 1.82) is 0 Å². The number of carbonyl (C=O) groups is 2. The summed E-state index contributed by atoms with van der Waals surface area (Å²) in [5.41, 5.74) is 0. The minimum Gasteiger partial charge on any atom is -0.462 e. The molecule has 0 aromatic rings. The molecule has 0 saturated heterocycles. The quantitative estimate of drug-likeness (QED) is 0.0373. The van der Waals surface area contributed by atoms with Gasteiger partial charge in [0.05, 0.1) is 6.61 Å². The highest BCUT2D eigenvalue weighted by atomic mass is 16.6. The molecular weight excluding hydrogens is 909 g/mol. The molecule has 0 fully saturated rings. The van der Waals surface area contributed by atoms with Crippen molar-refractivity contribution in [2.24, 2.45) is 0 Å². The monoisotopic (exact) mass is 1040 g/mol. The zero-order valence-electron chi connectivity index (χ0n) is 50.1. The number of unbranched alkanes of at least 4 members (excludes halogenated alkanes) is 49. The largest absolute Gasteiger partial charge is 0.462 e. The van der Waals surface area contributed by atoms with Gasteiger partial charge in [-0.25, -0.2) is 0 Å². The smallest absolute Gasteiger partial charge is 0.306 e. The van der Waals surface area contributed by atoms with Gasteiger partial charge in [0.15, 0.2) is 6.10 Å². The molecule has 0 spiro atoms. The molecule has 0 heterocycles. The van der Waals surface area contributed by atoms with Gasteiger partial charge in [-0.15, -0.1) is 0 Å². The molecule has 0 saturated carbocycles. The number of hydrogen-bond donors (Lipinski definition) is 1. The maximum Gasteiger partial charge on any atom is 0.306 e. The average molecular weight is 1040 g/mol. The lowest BCUT2D eigenvalue weighted by atomic mass is 10.0. The predicted molar refractivity (Wildman–Crippen MR) is 325 cm³/mol. The molecule has 0 radical (unpaired) electrons. The zero-order valence-corrected chi connectivity index (χ0v) is 50.1. The van der Waals surface area contributed by atoms with E-state index in [0.29, 0.717) is 12.8 Å². The summed E-state index contributed by atoms with van der Waals surface area (Å²) in [6.45, 7) is 4.19. The molecule has 0 aliphatic heterocycles. The summed E-state index contributed by atoms with van der Waals surface area (Å²) in [6, 6.07) is 0. The second-order valence-corrected chi connectivity index (χ2v) is 22.9. The van der Waals surface area contributed by atoms with Crippen LogP contribution in [0, 0.1) is 0 Å². The highest BCUT2D eigenvalue weighted by Crippen LogP contribution is 2.18. The first-order chi connectivity index (χ1) is 36.6. The van der Waals surface area contributed by atoms with Crippen molar-refractivity contribution < 1.29 is 24.2 Å². The molecule has 5 heteroatoms.